The van der Waals surface area contributed by atoms with E-state index >= 15 is 0 Å². The van der Waals surface area contributed by atoms with Crippen LogP contribution < -0.4 is 11.1 Å². The van der Waals surface area contributed by atoms with Crippen molar-refractivity contribution < 1.29 is 4.42 Å². The Balaban J connectivity index is 2.08. The largest absolute Gasteiger partial charge is 0.423 e. The molecule has 2 rings (SSSR count). The molecule has 0 spiro atoms. The normalized spacial score (nSPS) is 12.8. The van der Waals surface area contributed by atoms with Gasteiger partial charge in [-0.3, -0.25) is 0 Å². The van der Waals surface area contributed by atoms with Crippen LogP contribution in [0.5, 0.6) is 0 Å². The molecule has 92 valence electrons. The number of nitrogens with one attached hydrogen (secondary N) is 1. The summed E-state index contributed by atoms with van der Waals surface area (Å²) in [5, 5.41) is 3.27. The third kappa shape index (κ3) is 2.90. The second-order valence-corrected chi connectivity index (χ2v) is 4.43. The lowest BCUT2D eigenvalue weighted by atomic mass is 10.1. The van der Waals surface area contributed by atoms with Gasteiger partial charge in [0.05, 0.1) is 0 Å². The molecule has 0 saturated carbocycles. The molecule has 1 unspecified atom stereocenters. The van der Waals surface area contributed by atoms with Crippen LogP contribution in [0, 0.1) is 0 Å². The Hall–Kier alpha value is -1.71. The molecule has 1 aromatic heterocycles. The van der Waals surface area contributed by atoms with E-state index in [1.807, 2.05) is 12.1 Å². The molecule has 0 saturated heterocycles. The van der Waals surface area contributed by atoms with Crippen molar-refractivity contribution in [3.8, 4) is 0 Å². The predicted molar refractivity (Wildman–Crippen MR) is 71.0 cm³/mol. The van der Waals surface area contributed by atoms with Crippen LogP contribution in [0.25, 0.3) is 11.1 Å². The maximum absolute atomic E-state index is 5.69. The third-order valence-corrected chi connectivity index (χ3v) is 2.77. The van der Waals surface area contributed by atoms with E-state index in [4.69, 9.17) is 10.2 Å². The Labute approximate surface area is 101 Å². The zero-order valence-electron chi connectivity index (χ0n) is 10.4. The molecule has 0 bridgehead atoms. The minimum Gasteiger partial charge on any atom is -0.423 e. The third-order valence-electron chi connectivity index (χ3n) is 2.77. The first-order valence-electron chi connectivity index (χ1n) is 6.11. The molecule has 0 aliphatic rings. The zero-order chi connectivity index (χ0) is 12.3. The van der Waals surface area contributed by atoms with Crippen LogP contribution in [-0.2, 0) is 0 Å². The molecule has 17 heavy (non-hydrogen) atoms. The van der Waals surface area contributed by atoms with Crippen LogP contribution in [0.2, 0.25) is 0 Å². The van der Waals surface area contributed by atoms with Gasteiger partial charge in [-0.2, -0.15) is 4.98 Å². The number of anilines is 2. The van der Waals surface area contributed by atoms with Crippen LogP contribution in [0.15, 0.2) is 22.6 Å². The molecule has 0 fully saturated rings. The number of hydrogen-bond donors (Lipinski definition) is 2. The van der Waals surface area contributed by atoms with Gasteiger partial charge in [-0.25, -0.2) is 0 Å². The van der Waals surface area contributed by atoms with Gasteiger partial charge in [-0.15, -0.1) is 0 Å². The average Bonchev–Trinajstić information content (AvgIpc) is 2.67. The molecule has 4 nitrogen and oxygen atoms in total. The van der Waals surface area contributed by atoms with Crippen molar-refractivity contribution in [1.29, 1.82) is 0 Å². The molecule has 0 amide bonds. The van der Waals surface area contributed by atoms with Gasteiger partial charge < -0.3 is 15.5 Å². The number of benzene rings is 1. The van der Waals surface area contributed by atoms with Crippen LogP contribution in [0.1, 0.15) is 33.1 Å². The number of fused-ring (bicyclic) bond motifs is 1. The van der Waals surface area contributed by atoms with Gasteiger partial charge in [0.1, 0.15) is 5.52 Å². The summed E-state index contributed by atoms with van der Waals surface area (Å²) in [6, 6.07) is 6.45. The summed E-state index contributed by atoms with van der Waals surface area (Å²) < 4.78 is 5.60. The first kappa shape index (κ1) is 11.8. The van der Waals surface area contributed by atoms with E-state index in [0.29, 0.717) is 17.7 Å². The number of hydrogen-bond acceptors (Lipinski definition) is 4. The fourth-order valence-electron chi connectivity index (χ4n) is 1.80. The van der Waals surface area contributed by atoms with Crippen molar-refractivity contribution in [3.63, 3.8) is 0 Å². The lowest BCUT2D eigenvalue weighted by molar-refractivity contribution is 0.578. The Morgan fingerprint density at radius 1 is 1.47 bits per heavy atom. The van der Waals surface area contributed by atoms with Gasteiger partial charge in [0.2, 0.25) is 0 Å². The van der Waals surface area contributed by atoms with Crippen molar-refractivity contribution in [1.82, 2.24) is 4.98 Å². The molecule has 4 heteroatoms. The van der Waals surface area contributed by atoms with Gasteiger partial charge in [-0.1, -0.05) is 19.8 Å². The fourth-order valence-corrected chi connectivity index (χ4v) is 1.80. The predicted octanol–water partition coefficient (Wildman–Crippen LogP) is 3.40. The first-order chi connectivity index (χ1) is 8.19. The van der Waals surface area contributed by atoms with E-state index in [2.05, 4.69) is 24.1 Å². The molecule has 3 N–H and O–H groups in total. The van der Waals surface area contributed by atoms with E-state index < -0.39 is 0 Å². The Morgan fingerprint density at radius 2 is 2.29 bits per heavy atom. The van der Waals surface area contributed by atoms with Gasteiger partial charge in [-0.05, 0) is 25.5 Å². The maximum Gasteiger partial charge on any atom is 0.295 e. The van der Waals surface area contributed by atoms with Gasteiger partial charge in [0, 0.05) is 17.8 Å². The van der Waals surface area contributed by atoms with Crippen molar-refractivity contribution in [3.05, 3.63) is 18.2 Å². The molecular formula is C13H19N3O. The molecular weight excluding hydrogens is 214 g/mol. The van der Waals surface area contributed by atoms with E-state index in [9.17, 15) is 0 Å². The molecule has 2 aromatic rings. The molecule has 1 aromatic carbocycles. The minimum atomic E-state index is 0.375. The Bertz CT molecular complexity index is 492. The SMILES string of the molecule is CCCCC(C)Nc1nc2ccc(N)cc2o1. The standard InChI is InChI=1S/C13H19N3O/c1-3-4-5-9(2)15-13-16-11-7-6-10(14)8-12(11)17-13/h6-9H,3-5,14H2,1-2H3,(H,15,16). The molecule has 1 atom stereocenters. The summed E-state index contributed by atoms with van der Waals surface area (Å²) in [6.45, 7) is 4.33. The van der Waals surface area contributed by atoms with E-state index in [1.165, 1.54) is 12.8 Å². The minimum absolute atomic E-state index is 0.375. The molecule has 0 aliphatic heterocycles. The van der Waals surface area contributed by atoms with Crippen LogP contribution in [-0.4, -0.2) is 11.0 Å². The number of unbranched alkanes of at least 4 members (excludes halogenated alkanes) is 1. The number of nitrogens with two attached hydrogens (primary N) is 1. The van der Waals surface area contributed by atoms with Crippen molar-refractivity contribution >= 4 is 22.8 Å². The van der Waals surface area contributed by atoms with E-state index in [-0.39, 0.29) is 0 Å². The summed E-state index contributed by atoms with van der Waals surface area (Å²) in [6.07, 6.45) is 3.54. The molecule has 1 heterocycles. The maximum atomic E-state index is 5.69. The van der Waals surface area contributed by atoms with Gasteiger partial charge in [0.15, 0.2) is 5.58 Å². The number of rotatable bonds is 5. The second-order valence-electron chi connectivity index (χ2n) is 4.43. The van der Waals surface area contributed by atoms with E-state index in [0.717, 1.165) is 17.5 Å². The second kappa shape index (κ2) is 5.08. The summed E-state index contributed by atoms with van der Waals surface area (Å²) in [5.74, 6) is 0. The van der Waals surface area contributed by atoms with Crippen molar-refractivity contribution in [2.75, 3.05) is 11.1 Å². The lowest BCUT2D eigenvalue weighted by Gasteiger charge is -2.10. The quantitative estimate of drug-likeness (QED) is 0.777. The van der Waals surface area contributed by atoms with E-state index in [1.54, 1.807) is 6.07 Å². The number of nitrogens with zero attached hydrogens (tertiary/aromatic N) is 1. The number of aromatic nitrogens is 1. The highest BCUT2D eigenvalue weighted by Gasteiger charge is 2.08. The highest BCUT2D eigenvalue weighted by Crippen LogP contribution is 2.21. The van der Waals surface area contributed by atoms with Crippen LogP contribution >= 0.6 is 0 Å². The topological polar surface area (TPSA) is 64.1 Å². The summed E-state index contributed by atoms with van der Waals surface area (Å²) in [7, 11) is 0. The first-order valence-corrected chi connectivity index (χ1v) is 6.11. The number of nitrogen functional groups attached to an aromatic ring is 1. The van der Waals surface area contributed by atoms with Crippen molar-refractivity contribution in [2.45, 2.75) is 39.2 Å². The number of oxazole rings is 1. The smallest absolute Gasteiger partial charge is 0.295 e. The zero-order valence-corrected chi connectivity index (χ0v) is 10.4. The van der Waals surface area contributed by atoms with Gasteiger partial charge in [0.25, 0.3) is 6.01 Å². The highest BCUT2D eigenvalue weighted by atomic mass is 16.4. The summed E-state index contributed by atoms with van der Waals surface area (Å²) in [5.41, 5.74) is 7.95. The van der Waals surface area contributed by atoms with Crippen LogP contribution in [0.3, 0.4) is 0 Å². The average molecular weight is 233 g/mol. The fraction of sp³-hybridized carbons (Fsp3) is 0.462. The Morgan fingerprint density at radius 3 is 3.06 bits per heavy atom. The molecule has 0 aliphatic carbocycles. The summed E-state index contributed by atoms with van der Waals surface area (Å²) in [4.78, 5) is 4.37. The van der Waals surface area contributed by atoms with Crippen molar-refractivity contribution in [2.24, 2.45) is 0 Å². The highest BCUT2D eigenvalue weighted by molar-refractivity contribution is 5.78. The van der Waals surface area contributed by atoms with Gasteiger partial charge >= 0.3 is 0 Å². The molecule has 0 radical (unpaired) electrons. The summed E-state index contributed by atoms with van der Waals surface area (Å²) >= 11 is 0. The Kier molecular flexibility index (Phi) is 3.52. The lowest BCUT2D eigenvalue weighted by Crippen LogP contribution is -2.14. The van der Waals surface area contributed by atoms with Crippen LogP contribution in [0.4, 0.5) is 11.7 Å². The monoisotopic (exact) mass is 233 g/mol.